The number of imidazole rings is 1. The van der Waals surface area contributed by atoms with Crippen molar-refractivity contribution in [3.8, 4) is 0 Å². The van der Waals surface area contributed by atoms with Gasteiger partial charge in [-0.2, -0.15) is 0 Å². The van der Waals surface area contributed by atoms with Crippen molar-refractivity contribution in [1.82, 2.24) is 14.7 Å². The molecular formula is C22H28N4O. The molecule has 0 fully saturated rings. The van der Waals surface area contributed by atoms with E-state index in [0.717, 1.165) is 28.2 Å². The highest BCUT2D eigenvalue weighted by atomic mass is 16.1. The molecule has 5 heteroatoms. The lowest BCUT2D eigenvalue weighted by molar-refractivity contribution is -0.121. The minimum atomic E-state index is -0.0586. The van der Waals surface area contributed by atoms with Crippen molar-refractivity contribution in [2.24, 2.45) is 0 Å². The van der Waals surface area contributed by atoms with Crippen LogP contribution in [-0.4, -0.2) is 35.4 Å². The van der Waals surface area contributed by atoms with Gasteiger partial charge in [-0.25, -0.2) is 4.98 Å². The van der Waals surface area contributed by atoms with Crippen molar-refractivity contribution in [3.63, 3.8) is 0 Å². The fourth-order valence-electron chi connectivity index (χ4n) is 3.39. The van der Waals surface area contributed by atoms with Gasteiger partial charge in [0.2, 0.25) is 5.91 Å². The molecule has 2 heterocycles. The molecule has 27 heavy (non-hydrogen) atoms. The van der Waals surface area contributed by atoms with Gasteiger partial charge in [-0.05, 0) is 50.1 Å². The van der Waals surface area contributed by atoms with Crippen LogP contribution in [0.15, 0.2) is 48.8 Å². The second kappa shape index (κ2) is 7.82. The van der Waals surface area contributed by atoms with Crippen LogP contribution < -0.4 is 10.2 Å². The molecule has 1 unspecified atom stereocenters. The highest BCUT2D eigenvalue weighted by Crippen LogP contribution is 2.30. The second-order valence-corrected chi connectivity index (χ2v) is 7.53. The van der Waals surface area contributed by atoms with E-state index in [-0.39, 0.29) is 17.9 Å². The van der Waals surface area contributed by atoms with Crippen LogP contribution in [0.2, 0.25) is 0 Å². The van der Waals surface area contributed by atoms with E-state index in [4.69, 9.17) is 0 Å². The summed E-state index contributed by atoms with van der Waals surface area (Å²) in [4.78, 5) is 19.2. The van der Waals surface area contributed by atoms with Crippen molar-refractivity contribution in [1.29, 1.82) is 0 Å². The Hall–Kier alpha value is -2.82. The molecule has 0 aliphatic carbocycles. The standard InChI is InChI=1S/C22H28N4O/c1-15(2)24-21(27)13-19(17-8-10-18(11-9-17)25(4)5)20-14-23-22-16(3)7-6-12-26(20)22/h6-12,14-15,19H,13H2,1-5H3,(H,24,27). The first-order valence-corrected chi connectivity index (χ1v) is 9.36. The predicted octanol–water partition coefficient (Wildman–Crippen LogP) is 3.76. The van der Waals surface area contributed by atoms with E-state index in [0.29, 0.717) is 6.42 Å². The SMILES string of the molecule is Cc1cccn2c(C(CC(=O)NC(C)C)c3ccc(N(C)C)cc3)cnc12. The van der Waals surface area contributed by atoms with Crippen LogP contribution in [0.4, 0.5) is 5.69 Å². The zero-order valence-corrected chi connectivity index (χ0v) is 16.7. The van der Waals surface area contributed by atoms with Crippen LogP contribution >= 0.6 is 0 Å². The molecule has 1 aromatic carbocycles. The van der Waals surface area contributed by atoms with Crippen molar-refractivity contribution in [3.05, 3.63) is 65.6 Å². The first kappa shape index (κ1) is 19.0. The summed E-state index contributed by atoms with van der Waals surface area (Å²) in [6.45, 7) is 6.02. The van der Waals surface area contributed by atoms with Gasteiger partial charge < -0.3 is 14.6 Å². The van der Waals surface area contributed by atoms with Gasteiger partial charge in [0.1, 0.15) is 5.65 Å². The van der Waals surface area contributed by atoms with Gasteiger partial charge in [0.05, 0.1) is 5.69 Å². The minimum absolute atomic E-state index is 0.0503. The molecule has 1 N–H and O–H groups in total. The fourth-order valence-corrected chi connectivity index (χ4v) is 3.39. The maximum atomic E-state index is 12.6. The number of carbonyl (C=O) groups excluding carboxylic acids is 1. The van der Waals surface area contributed by atoms with Crippen LogP contribution in [0.5, 0.6) is 0 Å². The van der Waals surface area contributed by atoms with Gasteiger partial charge in [-0.1, -0.05) is 18.2 Å². The number of amides is 1. The van der Waals surface area contributed by atoms with Crippen molar-refractivity contribution < 1.29 is 4.79 Å². The average molecular weight is 364 g/mol. The third-order valence-electron chi connectivity index (χ3n) is 4.77. The van der Waals surface area contributed by atoms with Crippen molar-refractivity contribution in [2.45, 2.75) is 39.2 Å². The van der Waals surface area contributed by atoms with Crippen LogP contribution in [0.3, 0.4) is 0 Å². The topological polar surface area (TPSA) is 49.6 Å². The summed E-state index contributed by atoms with van der Waals surface area (Å²) in [5, 5.41) is 3.02. The molecule has 0 radical (unpaired) electrons. The van der Waals surface area contributed by atoms with E-state index in [1.54, 1.807) is 0 Å². The quantitative estimate of drug-likeness (QED) is 0.725. The number of benzene rings is 1. The average Bonchev–Trinajstić information content (AvgIpc) is 3.04. The van der Waals surface area contributed by atoms with Crippen LogP contribution in [-0.2, 0) is 4.79 Å². The van der Waals surface area contributed by atoms with Gasteiger partial charge in [0.25, 0.3) is 0 Å². The van der Waals surface area contributed by atoms with Crippen LogP contribution in [0.25, 0.3) is 5.65 Å². The van der Waals surface area contributed by atoms with Gasteiger partial charge in [-0.3, -0.25) is 4.79 Å². The number of nitrogens with zero attached hydrogens (tertiary/aromatic N) is 3. The van der Waals surface area contributed by atoms with Crippen LogP contribution in [0, 0.1) is 6.92 Å². The summed E-state index contributed by atoms with van der Waals surface area (Å²) >= 11 is 0. The Morgan fingerprint density at radius 3 is 2.52 bits per heavy atom. The summed E-state index contributed by atoms with van der Waals surface area (Å²) in [6.07, 6.45) is 4.31. The predicted molar refractivity (Wildman–Crippen MR) is 110 cm³/mol. The summed E-state index contributed by atoms with van der Waals surface area (Å²) < 4.78 is 2.10. The zero-order chi connectivity index (χ0) is 19.6. The lowest BCUT2D eigenvalue weighted by atomic mass is 9.92. The number of carbonyl (C=O) groups is 1. The van der Waals surface area contributed by atoms with E-state index >= 15 is 0 Å². The van der Waals surface area contributed by atoms with E-state index in [1.807, 2.05) is 46.4 Å². The summed E-state index contributed by atoms with van der Waals surface area (Å²) in [7, 11) is 4.05. The molecule has 3 rings (SSSR count). The molecular weight excluding hydrogens is 336 g/mol. The normalized spacial score (nSPS) is 12.4. The summed E-state index contributed by atoms with van der Waals surface area (Å²) in [5.74, 6) is -0.00829. The number of hydrogen-bond acceptors (Lipinski definition) is 3. The third kappa shape index (κ3) is 4.13. The number of aromatic nitrogens is 2. The number of fused-ring (bicyclic) bond motifs is 1. The van der Waals surface area contributed by atoms with Gasteiger partial charge in [0, 0.05) is 50.6 Å². The Bertz CT molecular complexity index is 925. The second-order valence-electron chi connectivity index (χ2n) is 7.53. The monoisotopic (exact) mass is 364 g/mol. The smallest absolute Gasteiger partial charge is 0.221 e. The Kier molecular flexibility index (Phi) is 5.49. The van der Waals surface area contributed by atoms with Gasteiger partial charge in [-0.15, -0.1) is 0 Å². The molecule has 2 aromatic heterocycles. The van der Waals surface area contributed by atoms with Crippen molar-refractivity contribution >= 4 is 17.2 Å². The summed E-state index contributed by atoms with van der Waals surface area (Å²) in [5.41, 5.74) is 5.34. The molecule has 0 spiro atoms. The number of nitrogens with one attached hydrogen (secondary N) is 1. The first-order valence-electron chi connectivity index (χ1n) is 9.36. The van der Waals surface area contributed by atoms with Gasteiger partial charge in [0.15, 0.2) is 0 Å². The lowest BCUT2D eigenvalue weighted by Crippen LogP contribution is -2.31. The van der Waals surface area contributed by atoms with E-state index in [1.165, 1.54) is 0 Å². The third-order valence-corrected chi connectivity index (χ3v) is 4.77. The molecule has 5 nitrogen and oxygen atoms in total. The fraction of sp³-hybridized carbons (Fsp3) is 0.364. The molecule has 0 bridgehead atoms. The number of pyridine rings is 1. The summed E-state index contributed by atoms with van der Waals surface area (Å²) in [6, 6.07) is 12.6. The van der Waals surface area contributed by atoms with Gasteiger partial charge >= 0.3 is 0 Å². The van der Waals surface area contributed by atoms with Crippen LogP contribution in [0.1, 0.15) is 43.0 Å². The number of aryl methyl sites for hydroxylation is 1. The molecule has 0 aliphatic rings. The molecule has 0 saturated carbocycles. The molecule has 0 aliphatic heterocycles. The maximum absolute atomic E-state index is 12.6. The largest absolute Gasteiger partial charge is 0.378 e. The molecule has 0 saturated heterocycles. The highest BCUT2D eigenvalue weighted by molar-refractivity contribution is 5.77. The zero-order valence-electron chi connectivity index (χ0n) is 16.7. The van der Waals surface area contributed by atoms with E-state index < -0.39 is 0 Å². The Morgan fingerprint density at radius 1 is 1.19 bits per heavy atom. The van der Waals surface area contributed by atoms with E-state index in [2.05, 4.69) is 56.9 Å². The number of rotatable bonds is 6. The first-order chi connectivity index (χ1) is 12.9. The number of anilines is 1. The molecule has 1 atom stereocenters. The minimum Gasteiger partial charge on any atom is -0.378 e. The Balaban J connectivity index is 2.03. The maximum Gasteiger partial charge on any atom is 0.221 e. The molecule has 3 aromatic rings. The Morgan fingerprint density at radius 2 is 1.89 bits per heavy atom. The van der Waals surface area contributed by atoms with E-state index in [9.17, 15) is 4.79 Å². The molecule has 1 amide bonds. The highest BCUT2D eigenvalue weighted by Gasteiger charge is 2.22. The number of hydrogen-bond donors (Lipinski definition) is 1. The van der Waals surface area contributed by atoms with Crippen molar-refractivity contribution in [2.75, 3.05) is 19.0 Å². The molecule has 142 valence electrons. The Labute approximate surface area is 161 Å². The lowest BCUT2D eigenvalue weighted by Gasteiger charge is -2.20.